The van der Waals surface area contributed by atoms with Gasteiger partial charge in [0.25, 0.3) is 0 Å². The minimum atomic E-state index is -4.49. The summed E-state index contributed by atoms with van der Waals surface area (Å²) >= 11 is 12.0. The number of halogens is 5. The molecule has 0 spiro atoms. The van der Waals surface area contributed by atoms with Crippen molar-refractivity contribution in [2.24, 2.45) is 0 Å². The van der Waals surface area contributed by atoms with Crippen molar-refractivity contribution in [2.45, 2.75) is 12.3 Å². The smallest absolute Gasteiger partial charge is 0.429 e. The first kappa shape index (κ1) is 15.1. The van der Waals surface area contributed by atoms with Crippen molar-refractivity contribution >= 4 is 29.3 Å². The van der Waals surface area contributed by atoms with Crippen LogP contribution < -0.4 is 9.47 Å². The maximum atomic E-state index is 12.6. The summed E-state index contributed by atoms with van der Waals surface area (Å²) in [6, 6.07) is 1.25. The van der Waals surface area contributed by atoms with Crippen molar-refractivity contribution in [1.82, 2.24) is 0 Å². The molecule has 1 aromatic carbocycles. The quantitative estimate of drug-likeness (QED) is 0.736. The highest BCUT2D eigenvalue weighted by molar-refractivity contribution is 6.38. The molecule has 0 aliphatic carbocycles. The van der Waals surface area contributed by atoms with Gasteiger partial charge in [-0.05, 0) is 12.2 Å². The zero-order chi connectivity index (χ0) is 14.9. The predicted octanol–water partition coefficient (Wildman–Crippen LogP) is 4.89. The van der Waals surface area contributed by atoms with E-state index in [1.165, 1.54) is 18.2 Å². The topological polar surface area (TPSA) is 18.5 Å². The van der Waals surface area contributed by atoms with Crippen LogP contribution in [0, 0.1) is 0 Å². The van der Waals surface area contributed by atoms with E-state index in [0.717, 1.165) is 6.08 Å². The van der Waals surface area contributed by atoms with Crippen LogP contribution in [-0.4, -0.2) is 18.9 Å². The Bertz CT molecular complexity index is 568. The molecule has 0 unspecified atom stereocenters. The Morgan fingerprint density at radius 2 is 2.10 bits per heavy atom. The van der Waals surface area contributed by atoms with Crippen molar-refractivity contribution in [2.75, 3.05) is 6.61 Å². The normalized spacial score (nSPS) is 17.4. The van der Waals surface area contributed by atoms with Crippen molar-refractivity contribution in [3.05, 3.63) is 40.4 Å². The van der Waals surface area contributed by atoms with Crippen molar-refractivity contribution in [3.63, 3.8) is 0 Å². The molecule has 0 bridgehead atoms. The molecule has 0 N–H and O–H groups in total. The van der Waals surface area contributed by atoms with Gasteiger partial charge in [0.15, 0.2) is 5.75 Å². The van der Waals surface area contributed by atoms with Gasteiger partial charge in [-0.2, -0.15) is 13.2 Å². The van der Waals surface area contributed by atoms with Gasteiger partial charge in [-0.1, -0.05) is 35.9 Å². The molecule has 1 aliphatic heterocycles. The lowest BCUT2D eigenvalue weighted by atomic mass is 10.1. The number of hydrogen-bond donors (Lipinski definition) is 0. The van der Waals surface area contributed by atoms with Crippen LogP contribution in [0.5, 0.6) is 11.5 Å². The molecule has 0 amide bonds. The first-order chi connectivity index (χ1) is 9.34. The van der Waals surface area contributed by atoms with E-state index in [1.807, 2.05) is 0 Å². The van der Waals surface area contributed by atoms with Gasteiger partial charge in [-0.3, -0.25) is 0 Å². The van der Waals surface area contributed by atoms with Gasteiger partial charge in [0.05, 0.1) is 10.0 Å². The molecule has 1 aliphatic rings. The molecule has 7 heteroatoms. The molecule has 0 radical (unpaired) electrons. The SMILES string of the molecule is C=CCOc1c(Cl)cc2c(c1Cl)C=C[C@@H](C(F)(F)F)O2. The van der Waals surface area contributed by atoms with E-state index in [2.05, 4.69) is 6.58 Å². The lowest BCUT2D eigenvalue weighted by Crippen LogP contribution is -2.33. The van der Waals surface area contributed by atoms with Crippen LogP contribution in [0.1, 0.15) is 5.56 Å². The van der Waals surface area contributed by atoms with E-state index >= 15 is 0 Å². The van der Waals surface area contributed by atoms with Crippen LogP contribution in [-0.2, 0) is 0 Å². The van der Waals surface area contributed by atoms with Crippen LogP contribution in [0.25, 0.3) is 6.08 Å². The fourth-order valence-electron chi connectivity index (χ4n) is 1.66. The first-order valence-electron chi connectivity index (χ1n) is 5.52. The van der Waals surface area contributed by atoms with E-state index in [-0.39, 0.29) is 28.2 Å². The molecule has 108 valence electrons. The largest absolute Gasteiger partial charge is 0.486 e. The van der Waals surface area contributed by atoms with E-state index in [1.54, 1.807) is 0 Å². The van der Waals surface area contributed by atoms with Crippen molar-refractivity contribution in [1.29, 1.82) is 0 Å². The minimum absolute atomic E-state index is 0.0317. The number of fused-ring (bicyclic) bond motifs is 1. The number of ether oxygens (including phenoxy) is 2. The van der Waals surface area contributed by atoms with Crippen LogP contribution in [0.15, 0.2) is 24.8 Å². The molecule has 0 saturated heterocycles. The summed E-state index contributed by atoms with van der Waals surface area (Å²) in [5.41, 5.74) is 0.302. The Balaban J connectivity index is 2.40. The Morgan fingerprint density at radius 1 is 1.40 bits per heavy atom. The Kier molecular flexibility index (Phi) is 4.20. The molecule has 1 aromatic rings. The van der Waals surface area contributed by atoms with Gasteiger partial charge in [-0.15, -0.1) is 0 Å². The number of rotatable bonds is 3. The number of alkyl halides is 3. The molecular formula is C13H9Cl2F3O2. The second kappa shape index (κ2) is 5.58. The third-order valence-electron chi connectivity index (χ3n) is 2.54. The highest BCUT2D eigenvalue weighted by Gasteiger charge is 2.42. The highest BCUT2D eigenvalue weighted by atomic mass is 35.5. The Hall–Kier alpha value is -1.33. The van der Waals surface area contributed by atoms with Crippen molar-refractivity contribution in [3.8, 4) is 11.5 Å². The fraction of sp³-hybridized carbons (Fsp3) is 0.231. The van der Waals surface area contributed by atoms with Crippen LogP contribution in [0.4, 0.5) is 13.2 Å². The summed E-state index contributed by atoms with van der Waals surface area (Å²) in [7, 11) is 0. The zero-order valence-corrected chi connectivity index (χ0v) is 11.5. The van der Waals surface area contributed by atoms with Crippen LogP contribution >= 0.6 is 23.2 Å². The Morgan fingerprint density at radius 3 is 2.70 bits per heavy atom. The lowest BCUT2D eigenvalue weighted by molar-refractivity contribution is -0.180. The summed E-state index contributed by atoms with van der Waals surface area (Å²) in [6.45, 7) is 3.66. The van der Waals surface area contributed by atoms with Crippen LogP contribution in [0.3, 0.4) is 0 Å². The third kappa shape index (κ3) is 2.88. The number of benzene rings is 1. The molecule has 1 heterocycles. The zero-order valence-electron chi connectivity index (χ0n) is 10.0. The molecule has 2 rings (SSSR count). The molecule has 0 fully saturated rings. The van der Waals surface area contributed by atoms with Crippen LogP contribution in [0.2, 0.25) is 10.0 Å². The second-order valence-corrected chi connectivity index (χ2v) is 4.74. The molecule has 1 atom stereocenters. The van der Waals surface area contributed by atoms with Gasteiger partial charge >= 0.3 is 6.18 Å². The summed E-state index contributed by atoms with van der Waals surface area (Å²) in [4.78, 5) is 0. The maximum absolute atomic E-state index is 12.6. The maximum Gasteiger partial charge on any atom is 0.429 e. The summed E-state index contributed by atoms with van der Waals surface area (Å²) in [5, 5.41) is 0.179. The molecule has 0 aromatic heterocycles. The average Bonchev–Trinajstić information content (AvgIpc) is 2.37. The number of hydrogen-bond acceptors (Lipinski definition) is 2. The highest BCUT2D eigenvalue weighted by Crippen LogP contribution is 2.44. The fourth-order valence-corrected chi connectivity index (χ4v) is 2.27. The molecule has 2 nitrogen and oxygen atoms in total. The van der Waals surface area contributed by atoms with E-state index in [0.29, 0.717) is 5.56 Å². The summed E-state index contributed by atoms with van der Waals surface area (Å²) in [5.74, 6) is 0.154. The van der Waals surface area contributed by atoms with E-state index < -0.39 is 12.3 Å². The standard InChI is InChI=1S/C13H9Cl2F3O2/c1-2-5-19-12-8(14)6-9-7(11(12)15)3-4-10(20-9)13(16,17)18/h2-4,6,10H,1,5H2/t10-/m0/s1. The minimum Gasteiger partial charge on any atom is -0.486 e. The van der Waals surface area contributed by atoms with Gasteiger partial charge in [-0.25, -0.2) is 0 Å². The second-order valence-electron chi connectivity index (χ2n) is 3.95. The first-order valence-corrected chi connectivity index (χ1v) is 6.27. The third-order valence-corrected chi connectivity index (χ3v) is 3.19. The van der Waals surface area contributed by atoms with Gasteiger partial charge < -0.3 is 9.47 Å². The molecular weight excluding hydrogens is 316 g/mol. The summed E-state index contributed by atoms with van der Waals surface area (Å²) < 4.78 is 48.0. The molecule has 20 heavy (non-hydrogen) atoms. The van der Waals surface area contributed by atoms with Crippen molar-refractivity contribution < 1.29 is 22.6 Å². The van der Waals surface area contributed by atoms with Gasteiger partial charge in [0.2, 0.25) is 6.10 Å². The monoisotopic (exact) mass is 324 g/mol. The summed E-state index contributed by atoms with van der Waals surface area (Å²) in [6.07, 6.45) is -2.87. The average molecular weight is 325 g/mol. The van der Waals surface area contributed by atoms with Gasteiger partial charge in [0.1, 0.15) is 12.4 Å². The Labute approximate surface area is 123 Å². The molecule has 0 saturated carbocycles. The van der Waals surface area contributed by atoms with Gasteiger partial charge in [0, 0.05) is 11.6 Å². The van der Waals surface area contributed by atoms with E-state index in [9.17, 15) is 13.2 Å². The lowest BCUT2D eigenvalue weighted by Gasteiger charge is -2.25. The predicted molar refractivity (Wildman–Crippen MR) is 71.7 cm³/mol. The van der Waals surface area contributed by atoms with E-state index in [4.69, 9.17) is 32.7 Å².